The topological polar surface area (TPSA) is 0 Å². The van der Waals surface area contributed by atoms with Crippen LogP contribution >= 0.6 is 24.2 Å². The summed E-state index contributed by atoms with van der Waals surface area (Å²) in [5.74, 6) is 0. The van der Waals surface area contributed by atoms with Crippen LogP contribution in [0.5, 0.6) is 0 Å². The van der Waals surface area contributed by atoms with Crippen molar-refractivity contribution in [3.63, 3.8) is 0 Å². The highest BCUT2D eigenvalue weighted by Crippen LogP contribution is 2.10. The fourth-order valence-electron chi connectivity index (χ4n) is 0.660. The molecule has 0 N–H and O–H groups in total. The zero-order valence-electron chi connectivity index (χ0n) is 5.29. The molecule has 0 heterocycles. The third-order valence-corrected chi connectivity index (χ3v) is 1.54. The monoisotopic (exact) mass is 170 g/mol. The summed E-state index contributed by atoms with van der Waals surface area (Å²) in [6.07, 6.45) is 1.90. The average molecular weight is 171 g/mol. The summed E-state index contributed by atoms with van der Waals surface area (Å²) in [4.78, 5) is 0. The van der Waals surface area contributed by atoms with Crippen LogP contribution in [-0.4, -0.2) is 0 Å². The quantitative estimate of drug-likeness (QED) is 0.615. The predicted octanol–water partition coefficient (Wildman–Crippen LogP) is 3.24. The first kappa shape index (κ1) is 7.70. The minimum Gasteiger partial charge on any atom is -0.151 e. The molecule has 0 radical (unpaired) electrons. The normalized spacial score (nSPS) is 10.6. The first-order valence-corrected chi connectivity index (χ1v) is 3.78. The van der Waals surface area contributed by atoms with Crippen molar-refractivity contribution < 1.29 is 0 Å². The molecule has 1 rings (SSSR count). The molecule has 0 aliphatic heterocycles. The lowest BCUT2D eigenvalue weighted by Gasteiger charge is -1.90. The largest absolute Gasteiger partial charge is 0.151 e. The Morgan fingerprint density at radius 2 is 1.80 bits per heavy atom. The molecule has 0 nitrogen and oxygen atoms in total. The van der Waals surface area contributed by atoms with Crippen LogP contribution in [0.2, 0.25) is 5.02 Å². The molecular formula is C8H7ClS. The van der Waals surface area contributed by atoms with E-state index in [2.05, 4.69) is 12.6 Å². The Kier molecular flexibility index (Phi) is 2.84. The Hall–Kier alpha value is -0.400. The first-order chi connectivity index (χ1) is 4.83. The van der Waals surface area contributed by atoms with E-state index in [9.17, 15) is 0 Å². The number of thiol groups is 1. The molecule has 0 fully saturated rings. The zero-order valence-corrected chi connectivity index (χ0v) is 6.94. The van der Waals surface area contributed by atoms with E-state index < -0.39 is 0 Å². The van der Waals surface area contributed by atoms with Crippen LogP contribution in [0.3, 0.4) is 0 Å². The van der Waals surface area contributed by atoms with Crippen molar-refractivity contribution in [2.24, 2.45) is 0 Å². The second-order valence-electron chi connectivity index (χ2n) is 1.87. The summed E-state index contributed by atoms with van der Waals surface area (Å²) >= 11 is 9.61. The molecule has 0 saturated heterocycles. The smallest absolute Gasteiger partial charge is 0.0406 e. The predicted molar refractivity (Wildman–Crippen MR) is 49.5 cm³/mol. The fraction of sp³-hybridized carbons (Fsp3) is 0. The van der Waals surface area contributed by atoms with Gasteiger partial charge in [0.05, 0.1) is 0 Å². The molecule has 0 spiro atoms. The average Bonchev–Trinajstić information content (AvgIpc) is 1.95. The Bertz CT molecular complexity index is 226. The van der Waals surface area contributed by atoms with E-state index in [-0.39, 0.29) is 0 Å². The van der Waals surface area contributed by atoms with Crippen molar-refractivity contribution in [3.8, 4) is 0 Å². The van der Waals surface area contributed by atoms with Gasteiger partial charge in [-0.2, -0.15) is 12.6 Å². The van der Waals surface area contributed by atoms with Gasteiger partial charge < -0.3 is 0 Å². The third kappa shape index (κ3) is 2.09. The molecule has 0 amide bonds. The Balaban J connectivity index is 2.89. The number of hydrogen-bond donors (Lipinski definition) is 1. The summed E-state index contributed by atoms with van der Waals surface area (Å²) < 4.78 is 0. The molecule has 0 aliphatic carbocycles. The Labute approximate surface area is 70.9 Å². The highest BCUT2D eigenvalue weighted by atomic mass is 35.5. The Morgan fingerprint density at radius 1 is 1.20 bits per heavy atom. The number of rotatable bonds is 1. The van der Waals surface area contributed by atoms with Gasteiger partial charge in [-0.15, -0.1) is 0 Å². The maximum Gasteiger partial charge on any atom is 0.0406 e. The van der Waals surface area contributed by atoms with Gasteiger partial charge >= 0.3 is 0 Å². The highest BCUT2D eigenvalue weighted by Gasteiger charge is 1.85. The van der Waals surface area contributed by atoms with E-state index in [4.69, 9.17) is 11.6 Å². The SMILES string of the molecule is SC=Cc1ccc(Cl)cc1. The van der Waals surface area contributed by atoms with Crippen molar-refractivity contribution in [1.29, 1.82) is 0 Å². The van der Waals surface area contributed by atoms with E-state index in [1.165, 1.54) is 0 Å². The van der Waals surface area contributed by atoms with Crippen LogP contribution < -0.4 is 0 Å². The summed E-state index contributed by atoms with van der Waals surface area (Å²) in [6, 6.07) is 7.58. The van der Waals surface area contributed by atoms with Crippen molar-refractivity contribution in [2.45, 2.75) is 0 Å². The molecule has 0 atom stereocenters. The summed E-state index contributed by atoms with van der Waals surface area (Å²) in [5, 5.41) is 2.46. The van der Waals surface area contributed by atoms with Crippen molar-refractivity contribution >= 4 is 30.3 Å². The molecule has 0 unspecified atom stereocenters. The van der Waals surface area contributed by atoms with Gasteiger partial charge in [0, 0.05) is 5.02 Å². The molecule has 0 aliphatic rings. The Morgan fingerprint density at radius 3 is 2.30 bits per heavy atom. The second kappa shape index (κ2) is 3.69. The van der Waals surface area contributed by atoms with Crippen molar-refractivity contribution in [1.82, 2.24) is 0 Å². The van der Waals surface area contributed by atoms with Gasteiger partial charge in [-0.1, -0.05) is 23.7 Å². The van der Waals surface area contributed by atoms with Crippen molar-refractivity contribution in [2.75, 3.05) is 0 Å². The van der Waals surface area contributed by atoms with E-state index >= 15 is 0 Å². The standard InChI is InChI=1S/C8H7ClS/c9-8-3-1-7(2-4-8)5-6-10/h1-6,10H. The van der Waals surface area contributed by atoms with Gasteiger partial charge in [0.25, 0.3) is 0 Å². The molecule has 1 aromatic rings. The maximum atomic E-state index is 5.67. The zero-order chi connectivity index (χ0) is 7.40. The van der Waals surface area contributed by atoms with Crippen LogP contribution in [0.4, 0.5) is 0 Å². The van der Waals surface area contributed by atoms with Gasteiger partial charge in [-0.05, 0) is 29.2 Å². The van der Waals surface area contributed by atoms with Crippen LogP contribution in [0.15, 0.2) is 29.7 Å². The molecule has 0 bridgehead atoms. The lowest BCUT2D eigenvalue weighted by molar-refractivity contribution is 1.66. The van der Waals surface area contributed by atoms with Crippen LogP contribution in [0.25, 0.3) is 6.08 Å². The van der Waals surface area contributed by atoms with Gasteiger partial charge in [0.2, 0.25) is 0 Å². The van der Waals surface area contributed by atoms with Crippen LogP contribution in [0, 0.1) is 0 Å². The molecule has 2 heteroatoms. The van der Waals surface area contributed by atoms with E-state index in [0.717, 1.165) is 10.6 Å². The lowest BCUT2D eigenvalue weighted by Crippen LogP contribution is -1.68. The van der Waals surface area contributed by atoms with E-state index in [1.807, 2.05) is 30.3 Å². The number of halogens is 1. The number of hydrogen-bond acceptors (Lipinski definition) is 1. The van der Waals surface area contributed by atoms with Gasteiger partial charge in [0.1, 0.15) is 0 Å². The minimum absolute atomic E-state index is 0.760. The van der Waals surface area contributed by atoms with Crippen LogP contribution in [-0.2, 0) is 0 Å². The number of benzene rings is 1. The molecular weight excluding hydrogens is 164 g/mol. The van der Waals surface area contributed by atoms with E-state index in [0.29, 0.717) is 0 Å². The molecule has 1 aromatic carbocycles. The molecule has 0 saturated carbocycles. The van der Waals surface area contributed by atoms with Gasteiger partial charge in [-0.25, -0.2) is 0 Å². The summed E-state index contributed by atoms with van der Waals surface area (Å²) in [7, 11) is 0. The highest BCUT2D eigenvalue weighted by molar-refractivity contribution is 7.83. The van der Waals surface area contributed by atoms with Crippen LogP contribution in [0.1, 0.15) is 5.56 Å². The first-order valence-electron chi connectivity index (χ1n) is 2.89. The minimum atomic E-state index is 0.760. The van der Waals surface area contributed by atoms with Gasteiger partial charge in [0.15, 0.2) is 0 Å². The lowest BCUT2D eigenvalue weighted by atomic mass is 10.2. The molecule has 52 valence electrons. The maximum absolute atomic E-state index is 5.67. The molecule has 0 aromatic heterocycles. The van der Waals surface area contributed by atoms with E-state index in [1.54, 1.807) is 5.41 Å². The third-order valence-electron chi connectivity index (χ3n) is 1.14. The van der Waals surface area contributed by atoms with Gasteiger partial charge in [-0.3, -0.25) is 0 Å². The summed E-state index contributed by atoms with van der Waals surface area (Å²) in [5.41, 5.74) is 1.11. The summed E-state index contributed by atoms with van der Waals surface area (Å²) in [6.45, 7) is 0. The molecule has 10 heavy (non-hydrogen) atoms. The fourth-order valence-corrected chi connectivity index (χ4v) is 0.958. The van der Waals surface area contributed by atoms with Crippen molar-refractivity contribution in [3.05, 3.63) is 40.3 Å². The second-order valence-corrected chi connectivity index (χ2v) is 2.60.